The maximum atomic E-state index is 9.43. The Morgan fingerprint density at radius 3 is 2.61 bits per heavy atom. The molecule has 3 rings (SSSR count). The molecule has 122 valence electrons. The van der Waals surface area contributed by atoms with Crippen molar-refractivity contribution in [3.8, 4) is 22.8 Å². The van der Waals surface area contributed by atoms with Crippen LogP contribution in [0.1, 0.15) is 24.6 Å². The fourth-order valence-electron chi connectivity index (χ4n) is 3.21. The highest BCUT2D eigenvalue weighted by Crippen LogP contribution is 2.37. The second-order valence-electron chi connectivity index (χ2n) is 5.92. The summed E-state index contributed by atoms with van der Waals surface area (Å²) in [6.45, 7) is 2.15. The van der Waals surface area contributed by atoms with E-state index in [1.807, 2.05) is 29.9 Å². The van der Waals surface area contributed by atoms with E-state index in [2.05, 4.69) is 17.2 Å². The Morgan fingerprint density at radius 1 is 1.22 bits per heavy atom. The molecule has 2 aromatic rings. The van der Waals surface area contributed by atoms with E-state index < -0.39 is 0 Å². The number of hydrogen-bond acceptors (Lipinski definition) is 5. The second kappa shape index (κ2) is 5.95. The molecule has 0 bridgehead atoms. The van der Waals surface area contributed by atoms with Gasteiger partial charge in [-0.15, -0.1) is 0 Å². The monoisotopic (exact) mass is 315 g/mol. The summed E-state index contributed by atoms with van der Waals surface area (Å²) in [5.41, 5.74) is 4.44. The molecule has 0 amide bonds. The van der Waals surface area contributed by atoms with Crippen molar-refractivity contribution in [2.45, 2.75) is 19.8 Å². The largest absolute Gasteiger partial charge is 0.493 e. The Hall–Kier alpha value is -2.50. The zero-order chi connectivity index (χ0) is 16.6. The van der Waals surface area contributed by atoms with Gasteiger partial charge in [-0.05, 0) is 37.0 Å². The van der Waals surface area contributed by atoms with Crippen LogP contribution in [0.25, 0.3) is 11.3 Å². The number of aromatic nitrogens is 2. The van der Waals surface area contributed by atoms with Gasteiger partial charge in [-0.1, -0.05) is 12.1 Å². The van der Waals surface area contributed by atoms with Gasteiger partial charge in [0.25, 0.3) is 0 Å². The van der Waals surface area contributed by atoms with Crippen LogP contribution in [0, 0.1) is 5.92 Å². The number of nitrogens with zero attached hydrogens (tertiary/aromatic N) is 3. The first-order valence-corrected chi connectivity index (χ1v) is 7.58. The number of oxime groups is 1. The minimum Gasteiger partial charge on any atom is -0.493 e. The molecular weight excluding hydrogens is 294 g/mol. The first kappa shape index (κ1) is 15.4. The summed E-state index contributed by atoms with van der Waals surface area (Å²) < 4.78 is 12.5. The van der Waals surface area contributed by atoms with Crippen LogP contribution in [0.5, 0.6) is 11.5 Å². The number of rotatable bonds is 3. The Kier molecular flexibility index (Phi) is 3.98. The molecule has 1 aromatic carbocycles. The first-order chi connectivity index (χ1) is 11.1. The number of methoxy groups -OCH3 is 2. The fourth-order valence-corrected chi connectivity index (χ4v) is 3.21. The quantitative estimate of drug-likeness (QED) is 0.698. The maximum absolute atomic E-state index is 9.43. The van der Waals surface area contributed by atoms with Crippen molar-refractivity contribution in [1.29, 1.82) is 0 Å². The molecule has 1 aromatic heterocycles. The zero-order valence-corrected chi connectivity index (χ0v) is 13.8. The van der Waals surface area contributed by atoms with E-state index in [0.29, 0.717) is 23.1 Å². The number of ether oxygens (including phenoxy) is 2. The van der Waals surface area contributed by atoms with Crippen LogP contribution in [-0.4, -0.2) is 34.9 Å². The molecule has 6 heteroatoms. The van der Waals surface area contributed by atoms with E-state index in [4.69, 9.17) is 9.47 Å². The molecule has 0 aliphatic heterocycles. The van der Waals surface area contributed by atoms with Crippen LogP contribution < -0.4 is 9.47 Å². The van der Waals surface area contributed by atoms with E-state index in [0.717, 1.165) is 35.4 Å². The predicted octanol–water partition coefficient (Wildman–Crippen LogP) is 2.86. The van der Waals surface area contributed by atoms with Crippen molar-refractivity contribution in [3.05, 3.63) is 29.5 Å². The van der Waals surface area contributed by atoms with E-state index in [1.54, 1.807) is 14.2 Å². The Bertz CT molecular complexity index is 765. The first-order valence-electron chi connectivity index (χ1n) is 7.58. The Labute approximate surface area is 135 Å². The summed E-state index contributed by atoms with van der Waals surface area (Å²) in [5, 5.41) is 17.6. The Morgan fingerprint density at radius 2 is 1.96 bits per heavy atom. The zero-order valence-electron chi connectivity index (χ0n) is 13.8. The molecule has 0 radical (unpaired) electrons. The van der Waals surface area contributed by atoms with Crippen molar-refractivity contribution >= 4 is 5.71 Å². The summed E-state index contributed by atoms with van der Waals surface area (Å²) in [5.74, 6) is 1.75. The third-order valence-corrected chi connectivity index (χ3v) is 4.32. The average Bonchev–Trinajstić information content (AvgIpc) is 2.90. The van der Waals surface area contributed by atoms with Crippen molar-refractivity contribution in [2.75, 3.05) is 14.2 Å². The van der Waals surface area contributed by atoms with Gasteiger partial charge in [0, 0.05) is 23.9 Å². The summed E-state index contributed by atoms with van der Waals surface area (Å²) in [6.07, 6.45) is 1.67. The molecule has 1 unspecified atom stereocenters. The molecular formula is C17H21N3O3. The maximum Gasteiger partial charge on any atom is 0.161 e. The molecule has 6 nitrogen and oxygen atoms in total. The van der Waals surface area contributed by atoms with Crippen LogP contribution in [0.3, 0.4) is 0 Å². The molecule has 1 atom stereocenters. The van der Waals surface area contributed by atoms with Gasteiger partial charge in [-0.3, -0.25) is 4.68 Å². The topological polar surface area (TPSA) is 68.9 Å². The summed E-state index contributed by atoms with van der Waals surface area (Å²) in [7, 11) is 5.14. The summed E-state index contributed by atoms with van der Waals surface area (Å²) >= 11 is 0. The molecule has 0 saturated heterocycles. The van der Waals surface area contributed by atoms with Gasteiger partial charge >= 0.3 is 0 Å². The van der Waals surface area contributed by atoms with Gasteiger partial charge in [-0.25, -0.2) is 0 Å². The van der Waals surface area contributed by atoms with Crippen molar-refractivity contribution in [3.63, 3.8) is 0 Å². The van der Waals surface area contributed by atoms with Crippen molar-refractivity contribution in [1.82, 2.24) is 9.78 Å². The standard InChI is InChI=1S/C17H21N3O3/c1-10-7-12(19-21)16-13(8-10)20(2)18-17(16)11-5-6-14(22-3)15(9-11)23-4/h5-6,9-10,21H,7-8H2,1-4H3/b19-12+. The lowest BCUT2D eigenvalue weighted by Gasteiger charge is -2.20. The van der Waals surface area contributed by atoms with Crippen molar-refractivity contribution in [2.24, 2.45) is 18.1 Å². The third-order valence-electron chi connectivity index (χ3n) is 4.32. The van der Waals surface area contributed by atoms with Crippen LogP contribution in [0.15, 0.2) is 23.4 Å². The summed E-state index contributed by atoms with van der Waals surface area (Å²) in [6, 6.07) is 5.70. The van der Waals surface area contributed by atoms with E-state index >= 15 is 0 Å². The smallest absolute Gasteiger partial charge is 0.161 e. The van der Waals surface area contributed by atoms with E-state index in [9.17, 15) is 5.21 Å². The van der Waals surface area contributed by atoms with Crippen LogP contribution >= 0.6 is 0 Å². The second-order valence-corrected chi connectivity index (χ2v) is 5.92. The van der Waals surface area contributed by atoms with Gasteiger partial charge in [0.1, 0.15) is 5.69 Å². The van der Waals surface area contributed by atoms with E-state index in [-0.39, 0.29) is 0 Å². The van der Waals surface area contributed by atoms with Gasteiger partial charge in [-0.2, -0.15) is 5.10 Å². The number of benzene rings is 1. The number of aryl methyl sites for hydroxylation is 1. The highest BCUT2D eigenvalue weighted by molar-refractivity contribution is 6.07. The molecule has 1 aliphatic carbocycles. The Balaban J connectivity index is 2.17. The summed E-state index contributed by atoms with van der Waals surface area (Å²) in [4.78, 5) is 0. The number of hydrogen-bond donors (Lipinski definition) is 1. The normalized spacial score (nSPS) is 18.8. The van der Waals surface area contributed by atoms with Crippen LogP contribution in [0.2, 0.25) is 0 Å². The average molecular weight is 315 g/mol. The SMILES string of the molecule is COc1ccc(-c2nn(C)c3c2/C(=N/O)CC(C)C3)cc1OC. The van der Waals surface area contributed by atoms with Crippen molar-refractivity contribution < 1.29 is 14.7 Å². The molecule has 1 N–H and O–H groups in total. The molecule has 0 saturated carbocycles. The fraction of sp³-hybridized carbons (Fsp3) is 0.412. The van der Waals surface area contributed by atoms with Gasteiger partial charge in [0.05, 0.1) is 19.9 Å². The van der Waals surface area contributed by atoms with Gasteiger partial charge < -0.3 is 14.7 Å². The predicted molar refractivity (Wildman–Crippen MR) is 87.6 cm³/mol. The lowest BCUT2D eigenvalue weighted by molar-refractivity contribution is 0.316. The molecule has 1 heterocycles. The molecule has 0 spiro atoms. The van der Waals surface area contributed by atoms with Gasteiger partial charge in [0.2, 0.25) is 0 Å². The minimum atomic E-state index is 0.432. The highest BCUT2D eigenvalue weighted by Gasteiger charge is 2.29. The lowest BCUT2D eigenvalue weighted by Crippen LogP contribution is -2.20. The lowest BCUT2D eigenvalue weighted by atomic mass is 9.85. The highest BCUT2D eigenvalue weighted by atomic mass is 16.5. The molecule has 1 aliphatic rings. The molecule has 0 fully saturated rings. The number of fused-ring (bicyclic) bond motifs is 1. The molecule has 23 heavy (non-hydrogen) atoms. The van der Waals surface area contributed by atoms with Crippen LogP contribution in [0.4, 0.5) is 0 Å². The van der Waals surface area contributed by atoms with Gasteiger partial charge in [0.15, 0.2) is 11.5 Å². The van der Waals surface area contributed by atoms with E-state index in [1.165, 1.54) is 0 Å². The van der Waals surface area contributed by atoms with Crippen LogP contribution in [-0.2, 0) is 13.5 Å². The minimum absolute atomic E-state index is 0.432. The third kappa shape index (κ3) is 2.54.